The van der Waals surface area contributed by atoms with Crippen LogP contribution in [0.3, 0.4) is 0 Å². The predicted molar refractivity (Wildman–Crippen MR) is 70.8 cm³/mol. The molecule has 0 saturated carbocycles. The van der Waals surface area contributed by atoms with Gasteiger partial charge in [-0.05, 0) is 24.6 Å². The highest BCUT2D eigenvalue weighted by Gasteiger charge is 2.04. The van der Waals surface area contributed by atoms with Crippen molar-refractivity contribution in [2.75, 3.05) is 6.61 Å². The molecule has 0 saturated heterocycles. The number of rotatable bonds is 3. The van der Waals surface area contributed by atoms with Gasteiger partial charge in [0.05, 0.1) is 0 Å². The summed E-state index contributed by atoms with van der Waals surface area (Å²) in [4.78, 5) is 11.3. The van der Waals surface area contributed by atoms with Crippen LogP contribution in [0.5, 0.6) is 5.75 Å². The number of hydrogen-bond donors (Lipinski definition) is 0. The van der Waals surface area contributed by atoms with E-state index < -0.39 is 0 Å². The molecule has 1 aromatic heterocycles. The van der Waals surface area contributed by atoms with Crippen LogP contribution in [0, 0.1) is 6.92 Å². The molecule has 0 atom stereocenters. The topological polar surface area (TPSA) is 39.4 Å². The first kappa shape index (κ1) is 11.9. The van der Waals surface area contributed by atoms with Gasteiger partial charge in [0, 0.05) is 22.0 Å². The minimum Gasteiger partial charge on any atom is -0.488 e. The summed E-state index contributed by atoms with van der Waals surface area (Å²) >= 11 is 3.21. The first-order chi connectivity index (χ1) is 8.06. The van der Waals surface area contributed by atoms with Gasteiger partial charge in [0.25, 0.3) is 0 Å². The van der Waals surface area contributed by atoms with Gasteiger partial charge in [-0.2, -0.15) is 0 Å². The molecule has 0 fully saturated rings. The number of hydrogen-bond acceptors (Lipinski definition) is 3. The van der Waals surface area contributed by atoms with Crippen molar-refractivity contribution in [3.05, 3.63) is 51.3 Å². The standard InChI is InChI=1S/C13H11BrO3/c1-8-5-13(15)17-12-6-10(3-4-11(8)12)16-7-9(2)14/h3-6H,2,7H2,1H3. The molecule has 1 heterocycles. The molecule has 0 bridgehead atoms. The summed E-state index contributed by atoms with van der Waals surface area (Å²) in [6.07, 6.45) is 0. The number of aryl methyl sites for hydroxylation is 1. The highest BCUT2D eigenvalue weighted by Crippen LogP contribution is 2.22. The molecule has 2 rings (SSSR count). The zero-order valence-corrected chi connectivity index (χ0v) is 10.9. The molecule has 0 aliphatic heterocycles. The van der Waals surface area contributed by atoms with Gasteiger partial charge in [0.2, 0.25) is 0 Å². The van der Waals surface area contributed by atoms with Crippen molar-refractivity contribution in [1.82, 2.24) is 0 Å². The molecular weight excluding hydrogens is 284 g/mol. The Bertz CT molecular complexity index is 628. The number of ether oxygens (including phenoxy) is 1. The fourth-order valence-corrected chi connectivity index (χ4v) is 1.67. The van der Waals surface area contributed by atoms with E-state index in [-0.39, 0.29) is 5.63 Å². The zero-order valence-electron chi connectivity index (χ0n) is 9.33. The van der Waals surface area contributed by atoms with Gasteiger partial charge in [-0.1, -0.05) is 22.5 Å². The summed E-state index contributed by atoms with van der Waals surface area (Å²) in [7, 11) is 0. The van der Waals surface area contributed by atoms with Crippen LogP contribution in [0.4, 0.5) is 0 Å². The van der Waals surface area contributed by atoms with Crippen LogP contribution < -0.4 is 10.4 Å². The SMILES string of the molecule is C=C(Br)COc1ccc2c(C)cc(=O)oc2c1. The van der Waals surface area contributed by atoms with Crippen molar-refractivity contribution in [3.63, 3.8) is 0 Å². The molecule has 17 heavy (non-hydrogen) atoms. The van der Waals surface area contributed by atoms with Crippen molar-refractivity contribution >= 4 is 26.9 Å². The highest BCUT2D eigenvalue weighted by molar-refractivity contribution is 9.11. The molecule has 1 aromatic carbocycles. The summed E-state index contributed by atoms with van der Waals surface area (Å²) in [6.45, 7) is 5.93. The lowest BCUT2D eigenvalue weighted by Crippen LogP contribution is -1.99. The quantitative estimate of drug-likeness (QED) is 0.815. The van der Waals surface area contributed by atoms with Gasteiger partial charge in [-0.15, -0.1) is 0 Å². The summed E-state index contributed by atoms with van der Waals surface area (Å²) in [5.74, 6) is 0.645. The summed E-state index contributed by atoms with van der Waals surface area (Å²) < 4.78 is 11.3. The normalized spacial score (nSPS) is 10.5. The third kappa shape index (κ3) is 2.77. The van der Waals surface area contributed by atoms with Crippen molar-refractivity contribution in [2.45, 2.75) is 6.92 Å². The predicted octanol–water partition coefficient (Wildman–Crippen LogP) is 3.39. The van der Waals surface area contributed by atoms with E-state index in [1.54, 1.807) is 6.07 Å². The minimum atomic E-state index is -0.350. The minimum absolute atomic E-state index is 0.350. The van der Waals surface area contributed by atoms with Crippen molar-refractivity contribution in [3.8, 4) is 5.75 Å². The maximum absolute atomic E-state index is 11.3. The molecule has 0 spiro atoms. The number of fused-ring (bicyclic) bond motifs is 1. The molecule has 0 unspecified atom stereocenters. The Hall–Kier alpha value is -1.55. The molecule has 2 aromatic rings. The van der Waals surface area contributed by atoms with Crippen molar-refractivity contribution < 1.29 is 9.15 Å². The van der Waals surface area contributed by atoms with E-state index in [4.69, 9.17) is 9.15 Å². The monoisotopic (exact) mass is 294 g/mol. The van der Waals surface area contributed by atoms with Gasteiger partial charge in [0.15, 0.2) is 0 Å². The third-order valence-electron chi connectivity index (χ3n) is 2.32. The van der Waals surface area contributed by atoms with Crippen LogP contribution in [-0.2, 0) is 0 Å². The largest absolute Gasteiger partial charge is 0.488 e. The molecule has 88 valence electrons. The summed E-state index contributed by atoms with van der Waals surface area (Å²) in [5, 5.41) is 0.912. The van der Waals surface area contributed by atoms with Crippen molar-refractivity contribution in [1.29, 1.82) is 0 Å². The van der Waals surface area contributed by atoms with Gasteiger partial charge in [0.1, 0.15) is 17.9 Å². The fraction of sp³-hybridized carbons (Fsp3) is 0.154. The Morgan fingerprint density at radius 2 is 2.24 bits per heavy atom. The van der Waals surface area contributed by atoms with E-state index in [1.165, 1.54) is 6.07 Å². The van der Waals surface area contributed by atoms with Gasteiger partial charge >= 0.3 is 5.63 Å². The molecule has 0 aliphatic rings. The Balaban J connectivity index is 2.43. The molecule has 0 aliphatic carbocycles. The molecule has 0 radical (unpaired) electrons. The molecule has 0 N–H and O–H groups in total. The average Bonchev–Trinajstić information content (AvgIpc) is 2.25. The Labute approximate surface area is 107 Å². The van der Waals surface area contributed by atoms with Crippen LogP contribution >= 0.6 is 15.9 Å². The van der Waals surface area contributed by atoms with Crippen molar-refractivity contribution in [2.24, 2.45) is 0 Å². The van der Waals surface area contributed by atoms with Gasteiger partial charge in [-0.3, -0.25) is 0 Å². The van der Waals surface area contributed by atoms with Crippen LogP contribution in [0.1, 0.15) is 5.56 Å². The lowest BCUT2D eigenvalue weighted by molar-refractivity contribution is 0.360. The Morgan fingerprint density at radius 1 is 1.47 bits per heavy atom. The summed E-state index contributed by atoms with van der Waals surface area (Å²) in [6, 6.07) is 6.90. The first-order valence-corrected chi connectivity index (χ1v) is 5.86. The number of halogens is 1. The van der Waals surface area contributed by atoms with Crippen LogP contribution in [0.2, 0.25) is 0 Å². The van der Waals surface area contributed by atoms with E-state index in [1.807, 2.05) is 19.1 Å². The van der Waals surface area contributed by atoms with Crippen LogP contribution in [0.15, 0.2) is 44.5 Å². The van der Waals surface area contributed by atoms with Gasteiger partial charge in [-0.25, -0.2) is 4.79 Å². The van der Waals surface area contributed by atoms with Crippen LogP contribution in [-0.4, -0.2) is 6.61 Å². The zero-order chi connectivity index (χ0) is 12.4. The molecule has 3 nitrogen and oxygen atoms in total. The lowest BCUT2D eigenvalue weighted by atomic mass is 10.1. The second kappa shape index (κ2) is 4.75. The molecule has 0 amide bonds. The second-order valence-corrected chi connectivity index (χ2v) is 4.83. The Kier molecular flexibility index (Phi) is 3.33. The average molecular weight is 295 g/mol. The number of benzene rings is 1. The fourth-order valence-electron chi connectivity index (χ4n) is 1.56. The molecule has 4 heteroatoms. The maximum atomic E-state index is 11.3. The third-order valence-corrected chi connectivity index (χ3v) is 2.55. The lowest BCUT2D eigenvalue weighted by Gasteiger charge is -2.06. The smallest absolute Gasteiger partial charge is 0.336 e. The van der Waals surface area contributed by atoms with E-state index in [0.29, 0.717) is 17.9 Å². The van der Waals surface area contributed by atoms with E-state index in [9.17, 15) is 4.79 Å². The van der Waals surface area contributed by atoms with E-state index in [0.717, 1.165) is 15.4 Å². The maximum Gasteiger partial charge on any atom is 0.336 e. The summed E-state index contributed by atoms with van der Waals surface area (Å²) in [5.41, 5.74) is 1.08. The van der Waals surface area contributed by atoms with E-state index >= 15 is 0 Å². The van der Waals surface area contributed by atoms with E-state index in [2.05, 4.69) is 22.5 Å². The molecular formula is C13H11BrO3. The Morgan fingerprint density at radius 3 is 2.94 bits per heavy atom. The van der Waals surface area contributed by atoms with Gasteiger partial charge < -0.3 is 9.15 Å². The first-order valence-electron chi connectivity index (χ1n) is 5.07. The van der Waals surface area contributed by atoms with Crippen LogP contribution in [0.25, 0.3) is 11.0 Å². The highest BCUT2D eigenvalue weighted by atomic mass is 79.9. The second-order valence-electron chi connectivity index (χ2n) is 3.71.